The monoisotopic (exact) mass is 298 g/mol. The molecule has 0 radical (unpaired) electrons. The first kappa shape index (κ1) is 15.0. The van der Waals surface area contributed by atoms with Crippen LogP contribution in [0.4, 0.5) is 11.4 Å². The summed E-state index contributed by atoms with van der Waals surface area (Å²) < 4.78 is 0. The van der Waals surface area contributed by atoms with E-state index in [1.54, 1.807) is 24.3 Å². The fourth-order valence-electron chi connectivity index (χ4n) is 1.72. The third kappa shape index (κ3) is 3.57. The SMILES string of the molecule is O=[N+]([O-])c1ccccc1/C=N\N=C\c1ccccc1[N+](=O)[O-]. The quantitative estimate of drug-likeness (QED) is 0.480. The number of para-hydroxylation sites is 2. The van der Waals surface area contributed by atoms with Gasteiger partial charge in [0.15, 0.2) is 0 Å². The minimum atomic E-state index is -0.521. The van der Waals surface area contributed by atoms with Gasteiger partial charge in [0.25, 0.3) is 11.4 Å². The zero-order valence-corrected chi connectivity index (χ0v) is 11.2. The van der Waals surface area contributed by atoms with Crippen molar-refractivity contribution in [1.29, 1.82) is 0 Å². The van der Waals surface area contributed by atoms with E-state index in [0.29, 0.717) is 11.1 Å². The van der Waals surface area contributed by atoms with Crippen molar-refractivity contribution in [2.24, 2.45) is 10.2 Å². The lowest BCUT2D eigenvalue weighted by molar-refractivity contribution is -0.385. The second-order valence-corrected chi connectivity index (χ2v) is 4.12. The van der Waals surface area contributed by atoms with Crippen molar-refractivity contribution in [2.45, 2.75) is 0 Å². The van der Waals surface area contributed by atoms with Crippen LogP contribution in [-0.4, -0.2) is 22.3 Å². The van der Waals surface area contributed by atoms with Gasteiger partial charge in [0.05, 0.1) is 33.4 Å². The number of hydrogen-bond donors (Lipinski definition) is 0. The second-order valence-electron chi connectivity index (χ2n) is 4.12. The van der Waals surface area contributed by atoms with Crippen molar-refractivity contribution in [3.63, 3.8) is 0 Å². The van der Waals surface area contributed by atoms with E-state index < -0.39 is 9.85 Å². The first-order chi connectivity index (χ1) is 10.6. The topological polar surface area (TPSA) is 111 Å². The molecule has 0 fully saturated rings. The summed E-state index contributed by atoms with van der Waals surface area (Å²) in [5.41, 5.74) is 0.415. The van der Waals surface area contributed by atoms with Crippen molar-refractivity contribution < 1.29 is 9.85 Å². The van der Waals surface area contributed by atoms with Crippen LogP contribution >= 0.6 is 0 Å². The van der Waals surface area contributed by atoms with Crippen LogP contribution in [0.25, 0.3) is 0 Å². The molecule has 2 aromatic carbocycles. The van der Waals surface area contributed by atoms with Crippen molar-refractivity contribution >= 4 is 23.8 Å². The minimum absolute atomic E-state index is 0.0906. The van der Waals surface area contributed by atoms with Crippen LogP contribution in [0.2, 0.25) is 0 Å². The lowest BCUT2D eigenvalue weighted by Crippen LogP contribution is -1.94. The van der Waals surface area contributed by atoms with Crippen molar-refractivity contribution in [2.75, 3.05) is 0 Å². The Kier molecular flexibility index (Phi) is 4.66. The Morgan fingerprint density at radius 2 is 1.09 bits per heavy atom. The standard InChI is InChI=1S/C14H10N4O4/c19-17(20)13-7-3-1-5-11(13)9-15-16-10-12-6-2-4-8-14(12)18(21)22/h1-10H/b15-9-,16-10+. The number of nitrogens with zero attached hydrogens (tertiary/aromatic N) is 4. The summed E-state index contributed by atoms with van der Waals surface area (Å²) in [4.78, 5) is 20.6. The summed E-state index contributed by atoms with van der Waals surface area (Å²) in [6.07, 6.45) is 2.45. The number of hydrogen-bond acceptors (Lipinski definition) is 6. The van der Waals surface area contributed by atoms with Gasteiger partial charge in [-0.05, 0) is 12.1 Å². The van der Waals surface area contributed by atoms with Crippen LogP contribution in [0, 0.1) is 20.2 Å². The second kappa shape index (κ2) is 6.84. The Bertz CT molecular complexity index is 705. The molecule has 2 aromatic rings. The molecule has 8 nitrogen and oxygen atoms in total. The van der Waals surface area contributed by atoms with Gasteiger partial charge < -0.3 is 0 Å². The molecule has 0 aliphatic rings. The fourth-order valence-corrected chi connectivity index (χ4v) is 1.72. The minimum Gasteiger partial charge on any atom is -0.258 e. The van der Waals surface area contributed by atoms with Crippen LogP contribution in [0.5, 0.6) is 0 Å². The average molecular weight is 298 g/mol. The highest BCUT2D eigenvalue weighted by molar-refractivity contribution is 5.87. The van der Waals surface area contributed by atoms with E-state index in [1.807, 2.05) is 0 Å². The highest BCUT2D eigenvalue weighted by Crippen LogP contribution is 2.16. The van der Waals surface area contributed by atoms with E-state index in [-0.39, 0.29) is 11.4 Å². The molecule has 0 saturated heterocycles. The molecule has 0 bridgehead atoms. The van der Waals surface area contributed by atoms with Gasteiger partial charge in [0.1, 0.15) is 0 Å². The lowest BCUT2D eigenvalue weighted by atomic mass is 10.2. The van der Waals surface area contributed by atoms with Crippen LogP contribution in [-0.2, 0) is 0 Å². The molecule has 0 N–H and O–H groups in total. The van der Waals surface area contributed by atoms with E-state index in [4.69, 9.17) is 0 Å². The summed E-state index contributed by atoms with van der Waals surface area (Å²) in [6, 6.07) is 12.1. The summed E-state index contributed by atoms with van der Waals surface area (Å²) in [5.74, 6) is 0. The van der Waals surface area contributed by atoms with Crippen LogP contribution in [0.15, 0.2) is 58.7 Å². The molecule has 0 unspecified atom stereocenters. The fraction of sp³-hybridized carbons (Fsp3) is 0. The Hall–Kier alpha value is -3.42. The summed E-state index contributed by atoms with van der Waals surface area (Å²) in [6.45, 7) is 0. The van der Waals surface area contributed by atoms with E-state index in [1.165, 1.54) is 36.7 Å². The van der Waals surface area contributed by atoms with E-state index in [0.717, 1.165) is 0 Å². The molecule has 0 aromatic heterocycles. The molecular formula is C14H10N4O4. The van der Waals surface area contributed by atoms with Gasteiger partial charge in [-0.25, -0.2) is 0 Å². The van der Waals surface area contributed by atoms with E-state index in [9.17, 15) is 20.2 Å². The Morgan fingerprint density at radius 1 is 0.727 bits per heavy atom. The Balaban J connectivity index is 2.20. The van der Waals surface area contributed by atoms with Crippen molar-refractivity contribution in [1.82, 2.24) is 0 Å². The molecule has 2 rings (SSSR count). The molecule has 22 heavy (non-hydrogen) atoms. The third-order valence-corrected chi connectivity index (χ3v) is 2.73. The van der Waals surface area contributed by atoms with E-state index >= 15 is 0 Å². The molecular weight excluding hydrogens is 288 g/mol. The highest BCUT2D eigenvalue weighted by Gasteiger charge is 2.10. The summed E-state index contributed by atoms with van der Waals surface area (Å²) >= 11 is 0. The zero-order valence-electron chi connectivity index (χ0n) is 11.2. The summed E-state index contributed by atoms with van der Waals surface area (Å²) in [5, 5.41) is 29.0. The maximum Gasteiger partial charge on any atom is 0.278 e. The van der Waals surface area contributed by atoms with Crippen LogP contribution < -0.4 is 0 Å². The maximum atomic E-state index is 10.8. The number of rotatable bonds is 5. The zero-order chi connectivity index (χ0) is 15.9. The highest BCUT2D eigenvalue weighted by atomic mass is 16.6. The normalized spacial score (nSPS) is 11.1. The molecule has 110 valence electrons. The largest absolute Gasteiger partial charge is 0.278 e. The van der Waals surface area contributed by atoms with Gasteiger partial charge in [0.2, 0.25) is 0 Å². The van der Waals surface area contributed by atoms with Gasteiger partial charge in [-0.3, -0.25) is 20.2 Å². The van der Waals surface area contributed by atoms with Gasteiger partial charge in [-0.2, -0.15) is 10.2 Å². The molecule has 0 atom stereocenters. The van der Waals surface area contributed by atoms with Gasteiger partial charge in [-0.15, -0.1) is 0 Å². The number of nitro benzene ring substituents is 2. The van der Waals surface area contributed by atoms with Gasteiger partial charge >= 0.3 is 0 Å². The molecule has 0 saturated carbocycles. The number of benzene rings is 2. The first-order valence-electron chi connectivity index (χ1n) is 6.13. The smallest absolute Gasteiger partial charge is 0.258 e. The maximum absolute atomic E-state index is 10.8. The van der Waals surface area contributed by atoms with Gasteiger partial charge in [-0.1, -0.05) is 24.3 Å². The first-order valence-corrected chi connectivity index (χ1v) is 6.13. The predicted octanol–water partition coefficient (Wildman–Crippen LogP) is 2.96. The third-order valence-electron chi connectivity index (χ3n) is 2.73. The molecule has 0 spiro atoms. The molecule has 0 aliphatic carbocycles. The average Bonchev–Trinajstić information content (AvgIpc) is 2.52. The Morgan fingerprint density at radius 3 is 1.45 bits per heavy atom. The molecule has 0 amide bonds. The molecule has 0 heterocycles. The molecule has 0 aliphatic heterocycles. The molecule has 8 heteroatoms. The number of nitro groups is 2. The van der Waals surface area contributed by atoms with Gasteiger partial charge in [0, 0.05) is 12.1 Å². The van der Waals surface area contributed by atoms with E-state index in [2.05, 4.69) is 10.2 Å². The van der Waals surface area contributed by atoms with Crippen LogP contribution in [0.1, 0.15) is 11.1 Å². The van der Waals surface area contributed by atoms with Crippen molar-refractivity contribution in [3.8, 4) is 0 Å². The summed E-state index contributed by atoms with van der Waals surface area (Å²) in [7, 11) is 0. The Labute approximate surface area is 124 Å². The van der Waals surface area contributed by atoms with Crippen molar-refractivity contribution in [3.05, 3.63) is 79.9 Å². The lowest BCUT2D eigenvalue weighted by Gasteiger charge is -1.95. The van der Waals surface area contributed by atoms with Crippen LogP contribution in [0.3, 0.4) is 0 Å². The predicted molar refractivity (Wildman–Crippen MR) is 81.4 cm³/mol.